The quantitative estimate of drug-likeness (QED) is 0.413. The third-order valence-electron chi connectivity index (χ3n) is 4.89. The Labute approximate surface area is 185 Å². The highest BCUT2D eigenvalue weighted by Crippen LogP contribution is 2.23. The topological polar surface area (TPSA) is 103 Å². The maximum atomic E-state index is 12.4. The molecular weight excluding hydrogens is 408 g/mol. The fraction of sp³-hybridized carbons (Fsp3) is 0.217. The molecule has 0 aliphatic rings. The normalized spacial score (nSPS) is 10.7. The van der Waals surface area contributed by atoms with Crippen molar-refractivity contribution < 1.29 is 14.3 Å². The minimum atomic E-state index is -0.165. The second-order valence-electron chi connectivity index (χ2n) is 7.03. The predicted octanol–water partition coefficient (Wildman–Crippen LogP) is 2.98. The van der Waals surface area contributed by atoms with Gasteiger partial charge in [0.1, 0.15) is 23.1 Å². The Hall–Kier alpha value is -4.14. The number of fused-ring (bicyclic) bond motifs is 1. The highest BCUT2D eigenvalue weighted by molar-refractivity contribution is 5.94. The molecule has 9 nitrogen and oxygen atoms in total. The van der Waals surface area contributed by atoms with Gasteiger partial charge in [0, 0.05) is 18.7 Å². The summed E-state index contributed by atoms with van der Waals surface area (Å²) in [4.78, 5) is 21.4. The Morgan fingerprint density at radius 1 is 1.00 bits per heavy atom. The molecule has 0 fully saturated rings. The Bertz CT molecular complexity index is 1240. The van der Waals surface area contributed by atoms with Gasteiger partial charge in [-0.2, -0.15) is 5.10 Å². The van der Waals surface area contributed by atoms with Crippen molar-refractivity contribution in [3.63, 3.8) is 0 Å². The van der Waals surface area contributed by atoms with Crippen LogP contribution < -0.4 is 20.1 Å². The zero-order valence-corrected chi connectivity index (χ0v) is 18.1. The number of carbonyl (C=O) groups excluding carboxylic acids is 1. The van der Waals surface area contributed by atoms with Crippen LogP contribution >= 0.6 is 0 Å². The number of hydrogen-bond acceptors (Lipinski definition) is 7. The standard InChI is InChI=1S/C23H24N6O3/c1-15-27-21(24-11-12-25-23(30)16-5-4-6-19(13-16)32-3)20-14-26-29(22(20)28-15)17-7-9-18(31-2)10-8-17/h4-10,13-14H,11-12H2,1-3H3,(H,25,30)(H,24,27,28). The average molecular weight is 432 g/mol. The minimum Gasteiger partial charge on any atom is -0.497 e. The number of ether oxygens (including phenoxy) is 2. The van der Waals surface area contributed by atoms with Gasteiger partial charge in [0.05, 0.1) is 31.5 Å². The first-order chi connectivity index (χ1) is 15.6. The molecule has 0 atom stereocenters. The first-order valence-corrected chi connectivity index (χ1v) is 10.1. The molecule has 0 aliphatic heterocycles. The van der Waals surface area contributed by atoms with E-state index in [1.807, 2.05) is 31.2 Å². The average Bonchev–Trinajstić information content (AvgIpc) is 3.25. The van der Waals surface area contributed by atoms with Crippen LogP contribution in [0.2, 0.25) is 0 Å². The lowest BCUT2D eigenvalue weighted by Crippen LogP contribution is -2.29. The summed E-state index contributed by atoms with van der Waals surface area (Å²) in [5.74, 6) is 2.54. The number of nitrogens with one attached hydrogen (secondary N) is 2. The summed E-state index contributed by atoms with van der Waals surface area (Å²) in [6, 6.07) is 14.6. The van der Waals surface area contributed by atoms with E-state index >= 15 is 0 Å². The molecule has 2 N–H and O–H groups in total. The number of methoxy groups -OCH3 is 2. The zero-order valence-electron chi connectivity index (χ0n) is 18.1. The second-order valence-corrected chi connectivity index (χ2v) is 7.03. The van der Waals surface area contributed by atoms with Crippen molar-refractivity contribution in [2.24, 2.45) is 0 Å². The molecule has 0 unspecified atom stereocenters. The molecule has 0 saturated heterocycles. The summed E-state index contributed by atoms with van der Waals surface area (Å²) in [7, 11) is 3.20. The van der Waals surface area contributed by atoms with Crippen molar-refractivity contribution in [2.45, 2.75) is 6.92 Å². The van der Waals surface area contributed by atoms with Crippen LogP contribution in [0.5, 0.6) is 11.5 Å². The SMILES string of the molecule is COc1ccc(-n2ncc3c(NCCNC(=O)c4cccc(OC)c4)nc(C)nc32)cc1. The van der Waals surface area contributed by atoms with Gasteiger partial charge in [-0.05, 0) is 49.4 Å². The molecule has 2 heterocycles. The van der Waals surface area contributed by atoms with Gasteiger partial charge in [-0.15, -0.1) is 0 Å². The van der Waals surface area contributed by atoms with Crippen LogP contribution in [0.1, 0.15) is 16.2 Å². The maximum Gasteiger partial charge on any atom is 0.251 e. The molecule has 0 radical (unpaired) electrons. The number of nitrogens with zero attached hydrogens (tertiary/aromatic N) is 4. The molecule has 4 aromatic rings. The van der Waals surface area contributed by atoms with Crippen LogP contribution in [0, 0.1) is 6.92 Å². The summed E-state index contributed by atoms with van der Waals surface area (Å²) < 4.78 is 12.2. The zero-order chi connectivity index (χ0) is 22.5. The highest BCUT2D eigenvalue weighted by atomic mass is 16.5. The van der Waals surface area contributed by atoms with E-state index < -0.39 is 0 Å². The molecule has 2 aromatic carbocycles. The van der Waals surface area contributed by atoms with Crippen molar-refractivity contribution in [1.29, 1.82) is 0 Å². The third kappa shape index (κ3) is 4.46. The number of carbonyl (C=O) groups is 1. The van der Waals surface area contributed by atoms with Crippen molar-refractivity contribution in [3.8, 4) is 17.2 Å². The fourth-order valence-corrected chi connectivity index (χ4v) is 3.29. The molecule has 0 spiro atoms. The van der Waals surface area contributed by atoms with Crippen LogP contribution in [-0.4, -0.2) is 53.0 Å². The number of anilines is 1. The van der Waals surface area contributed by atoms with E-state index in [1.165, 1.54) is 0 Å². The molecule has 9 heteroatoms. The molecule has 32 heavy (non-hydrogen) atoms. The molecule has 164 valence electrons. The van der Waals surface area contributed by atoms with Crippen molar-refractivity contribution in [2.75, 3.05) is 32.6 Å². The summed E-state index contributed by atoms with van der Waals surface area (Å²) in [6.45, 7) is 2.75. The number of hydrogen-bond donors (Lipinski definition) is 2. The van der Waals surface area contributed by atoms with Crippen molar-refractivity contribution >= 4 is 22.8 Å². The minimum absolute atomic E-state index is 0.165. The van der Waals surface area contributed by atoms with Crippen LogP contribution in [0.15, 0.2) is 54.7 Å². The summed E-state index contributed by atoms with van der Waals surface area (Å²) in [6.07, 6.45) is 1.73. The number of aryl methyl sites for hydroxylation is 1. The van der Waals surface area contributed by atoms with Gasteiger partial charge in [-0.3, -0.25) is 4.79 Å². The van der Waals surface area contributed by atoms with E-state index in [9.17, 15) is 4.79 Å². The second kappa shape index (κ2) is 9.34. The maximum absolute atomic E-state index is 12.4. The highest BCUT2D eigenvalue weighted by Gasteiger charge is 2.13. The van der Waals surface area contributed by atoms with Crippen LogP contribution in [-0.2, 0) is 0 Å². The van der Waals surface area contributed by atoms with Gasteiger partial charge in [-0.1, -0.05) is 6.07 Å². The number of aromatic nitrogens is 4. The van der Waals surface area contributed by atoms with Gasteiger partial charge in [0.2, 0.25) is 0 Å². The van der Waals surface area contributed by atoms with E-state index in [-0.39, 0.29) is 5.91 Å². The Morgan fingerprint density at radius 2 is 1.78 bits per heavy atom. The lowest BCUT2D eigenvalue weighted by molar-refractivity contribution is 0.0955. The van der Waals surface area contributed by atoms with Crippen LogP contribution in [0.4, 0.5) is 5.82 Å². The lowest BCUT2D eigenvalue weighted by atomic mass is 10.2. The largest absolute Gasteiger partial charge is 0.497 e. The molecule has 0 bridgehead atoms. The van der Waals surface area contributed by atoms with E-state index in [2.05, 4.69) is 25.7 Å². The first kappa shape index (κ1) is 21.1. The summed E-state index contributed by atoms with van der Waals surface area (Å²) in [5, 5.41) is 11.5. The number of amides is 1. The van der Waals surface area contributed by atoms with Crippen LogP contribution in [0.3, 0.4) is 0 Å². The molecule has 1 amide bonds. The summed E-state index contributed by atoms with van der Waals surface area (Å²) in [5.41, 5.74) is 2.12. The van der Waals surface area contributed by atoms with E-state index in [1.54, 1.807) is 49.4 Å². The monoisotopic (exact) mass is 432 g/mol. The number of benzene rings is 2. The van der Waals surface area contributed by atoms with Crippen molar-refractivity contribution in [1.82, 2.24) is 25.1 Å². The first-order valence-electron chi connectivity index (χ1n) is 10.1. The molecule has 0 aliphatic carbocycles. The van der Waals surface area contributed by atoms with Gasteiger partial charge in [0.15, 0.2) is 5.65 Å². The fourth-order valence-electron chi connectivity index (χ4n) is 3.29. The molecule has 0 saturated carbocycles. The van der Waals surface area contributed by atoms with E-state index in [4.69, 9.17) is 9.47 Å². The summed E-state index contributed by atoms with van der Waals surface area (Å²) >= 11 is 0. The van der Waals surface area contributed by atoms with Gasteiger partial charge >= 0.3 is 0 Å². The Kier molecular flexibility index (Phi) is 6.16. The molecule has 4 rings (SSSR count). The Balaban J connectivity index is 1.45. The van der Waals surface area contributed by atoms with E-state index in [0.717, 1.165) is 16.8 Å². The third-order valence-corrected chi connectivity index (χ3v) is 4.89. The van der Waals surface area contributed by atoms with Crippen molar-refractivity contribution in [3.05, 3.63) is 66.1 Å². The lowest BCUT2D eigenvalue weighted by Gasteiger charge is -2.10. The van der Waals surface area contributed by atoms with Gasteiger partial charge in [-0.25, -0.2) is 14.6 Å². The molecule has 2 aromatic heterocycles. The van der Waals surface area contributed by atoms with E-state index in [0.29, 0.717) is 41.7 Å². The molecular formula is C23H24N6O3. The Morgan fingerprint density at radius 3 is 2.53 bits per heavy atom. The smallest absolute Gasteiger partial charge is 0.251 e. The predicted molar refractivity (Wildman–Crippen MR) is 122 cm³/mol. The number of rotatable bonds is 8. The van der Waals surface area contributed by atoms with Gasteiger partial charge in [0.25, 0.3) is 5.91 Å². The van der Waals surface area contributed by atoms with Crippen LogP contribution in [0.25, 0.3) is 16.7 Å². The van der Waals surface area contributed by atoms with Gasteiger partial charge < -0.3 is 20.1 Å².